The average molecular weight is 484 g/mol. The molecule has 0 amide bonds. The molecule has 3 heterocycles. The Hall–Kier alpha value is -3.95. The molecule has 0 fully saturated rings. The molecule has 182 valence electrons. The molecule has 1 aromatic carbocycles. The summed E-state index contributed by atoms with van der Waals surface area (Å²) in [5.74, 6) is -0.653. The quantitative estimate of drug-likeness (QED) is 0.334. The van der Waals surface area contributed by atoms with Crippen LogP contribution in [0, 0.1) is 12.7 Å². The summed E-state index contributed by atoms with van der Waals surface area (Å²) in [6, 6.07) is 7.81. The van der Waals surface area contributed by atoms with E-state index < -0.39 is 24.0 Å². The van der Waals surface area contributed by atoms with Gasteiger partial charge in [-0.1, -0.05) is 18.2 Å². The SMILES string of the molecule is CC(=O)OC(C)(C)c1ncc(-c2cn3c(Cc4ccccc4OC(F)F)c(C)nc3cc2F)cn1. The van der Waals surface area contributed by atoms with Crippen molar-refractivity contribution < 1.29 is 27.4 Å². The Bertz CT molecular complexity index is 1380. The van der Waals surface area contributed by atoms with E-state index in [9.17, 15) is 13.6 Å². The Morgan fingerprint density at radius 3 is 2.51 bits per heavy atom. The first kappa shape index (κ1) is 24.2. The maximum Gasteiger partial charge on any atom is 0.387 e. The molecule has 7 nitrogen and oxygen atoms in total. The van der Waals surface area contributed by atoms with Crippen LogP contribution in [0.25, 0.3) is 16.8 Å². The highest BCUT2D eigenvalue weighted by Gasteiger charge is 2.27. The van der Waals surface area contributed by atoms with Crippen molar-refractivity contribution in [1.82, 2.24) is 19.4 Å². The summed E-state index contributed by atoms with van der Waals surface area (Å²) in [5, 5.41) is 0. The van der Waals surface area contributed by atoms with Crippen LogP contribution in [0.15, 0.2) is 48.9 Å². The van der Waals surface area contributed by atoms with E-state index in [4.69, 9.17) is 4.74 Å². The van der Waals surface area contributed by atoms with Crippen molar-refractivity contribution in [3.05, 3.63) is 77.5 Å². The number of alkyl halides is 2. The molecule has 3 aromatic heterocycles. The van der Waals surface area contributed by atoms with Crippen LogP contribution in [0.2, 0.25) is 0 Å². The fraction of sp³-hybridized carbons (Fsp3) is 0.280. The van der Waals surface area contributed by atoms with Crippen LogP contribution in [-0.2, 0) is 21.6 Å². The molecular weight excluding hydrogens is 461 g/mol. The van der Waals surface area contributed by atoms with E-state index in [1.54, 1.807) is 49.6 Å². The van der Waals surface area contributed by atoms with Gasteiger partial charge in [0.15, 0.2) is 11.4 Å². The van der Waals surface area contributed by atoms with Gasteiger partial charge in [0.2, 0.25) is 0 Å². The first-order valence-electron chi connectivity index (χ1n) is 10.8. The predicted molar refractivity (Wildman–Crippen MR) is 122 cm³/mol. The first-order chi connectivity index (χ1) is 16.5. The van der Waals surface area contributed by atoms with Crippen molar-refractivity contribution >= 4 is 11.6 Å². The van der Waals surface area contributed by atoms with Gasteiger partial charge in [0.1, 0.15) is 17.2 Å². The van der Waals surface area contributed by atoms with Crippen molar-refractivity contribution in [3.63, 3.8) is 0 Å². The van der Waals surface area contributed by atoms with Crippen molar-refractivity contribution in [2.45, 2.75) is 46.3 Å². The lowest BCUT2D eigenvalue weighted by atomic mass is 10.1. The van der Waals surface area contributed by atoms with E-state index in [1.807, 2.05) is 0 Å². The molecule has 0 atom stereocenters. The van der Waals surface area contributed by atoms with E-state index >= 15 is 4.39 Å². The molecule has 0 aliphatic heterocycles. The van der Waals surface area contributed by atoms with Gasteiger partial charge in [-0.15, -0.1) is 0 Å². The highest BCUT2D eigenvalue weighted by Crippen LogP contribution is 2.29. The Balaban J connectivity index is 1.73. The number of benzene rings is 1. The lowest BCUT2D eigenvalue weighted by Crippen LogP contribution is -2.26. The van der Waals surface area contributed by atoms with Gasteiger partial charge in [0, 0.05) is 60.4 Å². The summed E-state index contributed by atoms with van der Waals surface area (Å²) in [5.41, 5.74) is 1.83. The van der Waals surface area contributed by atoms with Crippen LogP contribution in [0.1, 0.15) is 43.5 Å². The van der Waals surface area contributed by atoms with Crippen LogP contribution in [0.5, 0.6) is 5.75 Å². The molecular formula is C25H23F3N4O3. The van der Waals surface area contributed by atoms with E-state index in [2.05, 4.69) is 19.7 Å². The standard InChI is InChI=1S/C25H23F3N4O3/c1-14-20(9-16-7-5-6-8-21(16)34-24(27)28)32-13-18(19(26)10-22(32)31-14)17-11-29-23(30-12-17)25(3,4)35-15(2)33/h5-8,10-13,24H,9H2,1-4H3. The normalized spacial score (nSPS) is 11.8. The second kappa shape index (κ2) is 9.36. The lowest BCUT2D eigenvalue weighted by Gasteiger charge is -2.22. The topological polar surface area (TPSA) is 78.6 Å². The molecule has 0 aliphatic rings. The fourth-order valence-electron chi connectivity index (χ4n) is 3.88. The Kier molecular flexibility index (Phi) is 6.47. The minimum Gasteiger partial charge on any atom is -0.452 e. The van der Waals surface area contributed by atoms with Gasteiger partial charge in [-0.2, -0.15) is 8.78 Å². The number of fused-ring (bicyclic) bond motifs is 1. The summed E-state index contributed by atoms with van der Waals surface area (Å²) in [6.45, 7) is 3.43. The number of imidazole rings is 1. The number of aromatic nitrogens is 4. The van der Waals surface area contributed by atoms with Crippen LogP contribution in [0.3, 0.4) is 0 Å². The van der Waals surface area contributed by atoms with Gasteiger partial charge in [-0.05, 0) is 26.8 Å². The fourth-order valence-corrected chi connectivity index (χ4v) is 3.88. The van der Waals surface area contributed by atoms with Gasteiger partial charge >= 0.3 is 12.6 Å². The molecule has 0 unspecified atom stereocenters. The van der Waals surface area contributed by atoms with Crippen molar-refractivity contribution in [2.24, 2.45) is 0 Å². The molecule has 0 saturated heterocycles. The zero-order valence-electron chi connectivity index (χ0n) is 19.6. The number of hydrogen-bond donors (Lipinski definition) is 0. The maximum absolute atomic E-state index is 15.0. The molecule has 10 heteroatoms. The van der Waals surface area contributed by atoms with Gasteiger partial charge in [0.25, 0.3) is 0 Å². The number of pyridine rings is 1. The second-order valence-electron chi connectivity index (χ2n) is 8.47. The van der Waals surface area contributed by atoms with E-state index in [0.29, 0.717) is 28.2 Å². The summed E-state index contributed by atoms with van der Waals surface area (Å²) >= 11 is 0. The molecule has 0 N–H and O–H groups in total. The summed E-state index contributed by atoms with van der Waals surface area (Å²) in [6.07, 6.45) is 4.72. The number of nitrogens with zero attached hydrogens (tertiary/aromatic N) is 4. The van der Waals surface area contributed by atoms with E-state index in [-0.39, 0.29) is 23.6 Å². The molecule has 4 rings (SSSR count). The first-order valence-corrected chi connectivity index (χ1v) is 10.8. The number of para-hydroxylation sites is 1. The van der Waals surface area contributed by atoms with Gasteiger partial charge < -0.3 is 13.9 Å². The molecule has 0 aliphatic carbocycles. The van der Waals surface area contributed by atoms with Gasteiger partial charge in [0.05, 0.1) is 5.69 Å². The Labute approximate surface area is 199 Å². The minimum atomic E-state index is -2.95. The van der Waals surface area contributed by atoms with E-state index in [0.717, 1.165) is 0 Å². The van der Waals surface area contributed by atoms with E-state index in [1.165, 1.54) is 31.5 Å². The number of rotatable bonds is 7. The number of carbonyl (C=O) groups is 1. The molecule has 0 bridgehead atoms. The number of esters is 1. The Morgan fingerprint density at radius 1 is 1.17 bits per heavy atom. The monoisotopic (exact) mass is 484 g/mol. The van der Waals surface area contributed by atoms with Crippen LogP contribution < -0.4 is 4.74 Å². The average Bonchev–Trinajstić information content (AvgIpc) is 3.07. The van der Waals surface area contributed by atoms with Crippen molar-refractivity contribution in [1.29, 1.82) is 0 Å². The number of carbonyl (C=O) groups excluding carboxylic acids is 1. The molecule has 0 radical (unpaired) electrons. The summed E-state index contributed by atoms with van der Waals surface area (Å²) < 4.78 is 52.3. The number of ether oxygens (including phenoxy) is 2. The number of aryl methyl sites for hydroxylation is 1. The third-order valence-electron chi connectivity index (χ3n) is 5.46. The zero-order valence-corrected chi connectivity index (χ0v) is 19.6. The lowest BCUT2D eigenvalue weighted by molar-refractivity contribution is -0.155. The number of halogens is 3. The Morgan fingerprint density at radius 2 is 1.86 bits per heavy atom. The van der Waals surface area contributed by atoms with Crippen LogP contribution in [0.4, 0.5) is 13.2 Å². The third kappa shape index (κ3) is 5.11. The smallest absolute Gasteiger partial charge is 0.387 e. The van der Waals surface area contributed by atoms with Crippen molar-refractivity contribution in [3.8, 4) is 16.9 Å². The van der Waals surface area contributed by atoms with Gasteiger partial charge in [-0.3, -0.25) is 4.79 Å². The molecule has 0 saturated carbocycles. The second-order valence-corrected chi connectivity index (χ2v) is 8.47. The summed E-state index contributed by atoms with van der Waals surface area (Å²) in [7, 11) is 0. The molecule has 0 spiro atoms. The van der Waals surface area contributed by atoms with Gasteiger partial charge in [-0.25, -0.2) is 19.3 Å². The zero-order chi connectivity index (χ0) is 25.3. The molecule has 4 aromatic rings. The third-order valence-corrected chi connectivity index (χ3v) is 5.46. The van der Waals surface area contributed by atoms with Crippen LogP contribution in [-0.4, -0.2) is 31.9 Å². The van der Waals surface area contributed by atoms with Crippen LogP contribution >= 0.6 is 0 Å². The highest BCUT2D eigenvalue weighted by atomic mass is 19.3. The largest absolute Gasteiger partial charge is 0.452 e. The predicted octanol–water partition coefficient (Wildman–Crippen LogP) is 5.23. The van der Waals surface area contributed by atoms with Crippen molar-refractivity contribution in [2.75, 3.05) is 0 Å². The summed E-state index contributed by atoms with van der Waals surface area (Å²) in [4.78, 5) is 24.3. The highest BCUT2D eigenvalue weighted by molar-refractivity contribution is 5.67. The number of hydrogen-bond acceptors (Lipinski definition) is 6. The minimum absolute atomic E-state index is 0.0681. The maximum atomic E-state index is 15.0. The molecule has 35 heavy (non-hydrogen) atoms.